The molecule has 0 radical (unpaired) electrons. The molecule has 1 saturated heterocycles. The molecule has 0 aromatic heterocycles. The summed E-state index contributed by atoms with van der Waals surface area (Å²) in [6.07, 6.45) is 5.40. The number of halogens is 1. The molecule has 0 amide bonds. The average molecular weight is 461 g/mol. The molecule has 1 aliphatic heterocycles. The fraction of sp³-hybridized carbons (Fsp3) is 0.538. The van der Waals surface area contributed by atoms with Crippen molar-refractivity contribution in [2.45, 2.75) is 69.4 Å². The van der Waals surface area contributed by atoms with Crippen molar-refractivity contribution in [3.63, 3.8) is 0 Å². The van der Waals surface area contributed by atoms with Gasteiger partial charge in [0.1, 0.15) is 5.75 Å². The maximum absolute atomic E-state index is 10.2. The summed E-state index contributed by atoms with van der Waals surface area (Å²) in [5.41, 5.74) is 3.14. The number of ether oxygens (including phenoxy) is 3. The molecule has 2 aliphatic rings. The average Bonchev–Trinajstić information content (AvgIpc) is 3.64. The third-order valence-electron chi connectivity index (χ3n) is 6.06. The van der Waals surface area contributed by atoms with Gasteiger partial charge in [-0.2, -0.15) is 0 Å². The predicted octanol–water partition coefficient (Wildman–Crippen LogP) is 4.84. The molecule has 3 atom stereocenters. The molecule has 2 aromatic carbocycles. The molecule has 6 heteroatoms. The van der Waals surface area contributed by atoms with Gasteiger partial charge in [0.25, 0.3) is 0 Å². The second-order valence-electron chi connectivity index (χ2n) is 8.84. The van der Waals surface area contributed by atoms with Crippen molar-refractivity contribution in [3.8, 4) is 5.75 Å². The Hall–Kier alpha value is -1.63. The molecule has 4 rings (SSSR count). The molecule has 0 spiro atoms. The van der Waals surface area contributed by atoms with E-state index in [4.69, 9.17) is 25.8 Å². The number of rotatable bonds is 10. The van der Waals surface area contributed by atoms with E-state index in [2.05, 4.69) is 18.2 Å². The fourth-order valence-electron chi connectivity index (χ4n) is 4.04. The highest BCUT2D eigenvalue weighted by molar-refractivity contribution is 6.31. The molecule has 2 N–H and O–H groups in total. The Morgan fingerprint density at radius 2 is 1.81 bits per heavy atom. The van der Waals surface area contributed by atoms with Gasteiger partial charge in [-0.15, -0.1) is 0 Å². The lowest BCUT2D eigenvalue weighted by molar-refractivity contribution is -0.0409. The molecule has 32 heavy (non-hydrogen) atoms. The van der Waals surface area contributed by atoms with Gasteiger partial charge in [-0.05, 0) is 67.0 Å². The summed E-state index contributed by atoms with van der Waals surface area (Å²) in [6, 6.07) is 14.0. The topological polar surface area (TPSA) is 68.2 Å². The van der Waals surface area contributed by atoms with Gasteiger partial charge in [0, 0.05) is 17.9 Å². The Morgan fingerprint density at radius 3 is 2.56 bits per heavy atom. The van der Waals surface area contributed by atoms with Gasteiger partial charge in [0.05, 0.1) is 44.2 Å². The molecule has 174 valence electrons. The predicted molar refractivity (Wildman–Crippen MR) is 124 cm³/mol. The first-order chi connectivity index (χ1) is 15.6. The fourth-order valence-corrected chi connectivity index (χ4v) is 4.22. The summed E-state index contributed by atoms with van der Waals surface area (Å²) in [6.45, 7) is 1.38. The second kappa shape index (κ2) is 11.5. The summed E-state index contributed by atoms with van der Waals surface area (Å²) in [4.78, 5) is 0. The highest BCUT2D eigenvalue weighted by Crippen LogP contribution is 2.33. The van der Waals surface area contributed by atoms with E-state index in [9.17, 15) is 10.2 Å². The van der Waals surface area contributed by atoms with Crippen molar-refractivity contribution in [3.05, 3.63) is 64.2 Å². The third kappa shape index (κ3) is 6.93. The number of hydrogen-bond donors (Lipinski definition) is 2. The van der Waals surface area contributed by atoms with Crippen LogP contribution in [0.25, 0.3) is 0 Å². The normalized spacial score (nSPS) is 23.7. The summed E-state index contributed by atoms with van der Waals surface area (Å²) in [5.74, 6) is 0.857. The van der Waals surface area contributed by atoms with Gasteiger partial charge >= 0.3 is 0 Å². The van der Waals surface area contributed by atoms with E-state index < -0.39 is 6.10 Å². The quantitative estimate of drug-likeness (QED) is 0.496. The molecule has 2 fully saturated rings. The Morgan fingerprint density at radius 1 is 1.00 bits per heavy atom. The number of benzene rings is 2. The number of aliphatic hydroxyl groups excluding tert-OH is 2. The van der Waals surface area contributed by atoms with Gasteiger partial charge in [-0.25, -0.2) is 0 Å². The van der Waals surface area contributed by atoms with Crippen LogP contribution in [0.4, 0.5) is 0 Å². The molecule has 1 heterocycles. The van der Waals surface area contributed by atoms with Crippen LogP contribution >= 0.6 is 11.6 Å². The van der Waals surface area contributed by atoms with Crippen molar-refractivity contribution < 1.29 is 24.4 Å². The van der Waals surface area contributed by atoms with E-state index in [-0.39, 0.29) is 18.8 Å². The first-order valence-electron chi connectivity index (χ1n) is 11.7. The van der Waals surface area contributed by atoms with Crippen LogP contribution in [0.2, 0.25) is 5.02 Å². The van der Waals surface area contributed by atoms with Crippen molar-refractivity contribution >= 4 is 11.6 Å². The minimum atomic E-state index is -0.427. The van der Waals surface area contributed by atoms with Crippen molar-refractivity contribution in [2.75, 3.05) is 19.8 Å². The van der Waals surface area contributed by atoms with Crippen LogP contribution in [0, 0.1) is 0 Å². The van der Waals surface area contributed by atoms with E-state index in [1.807, 2.05) is 24.3 Å². The molecule has 1 aliphatic carbocycles. The van der Waals surface area contributed by atoms with Crippen LogP contribution in [0.5, 0.6) is 5.75 Å². The van der Waals surface area contributed by atoms with E-state index in [0.717, 1.165) is 35.5 Å². The van der Waals surface area contributed by atoms with E-state index >= 15 is 0 Å². The van der Waals surface area contributed by atoms with Crippen LogP contribution in [0.15, 0.2) is 42.5 Å². The monoisotopic (exact) mass is 460 g/mol. The van der Waals surface area contributed by atoms with Gasteiger partial charge < -0.3 is 24.4 Å². The van der Waals surface area contributed by atoms with Gasteiger partial charge in [0.2, 0.25) is 0 Å². The minimum absolute atomic E-state index is 0.0361. The molecule has 5 nitrogen and oxygen atoms in total. The lowest BCUT2D eigenvalue weighted by atomic mass is 9.97. The minimum Gasteiger partial charge on any atom is -0.494 e. The van der Waals surface area contributed by atoms with Crippen molar-refractivity contribution in [2.24, 2.45) is 0 Å². The largest absolute Gasteiger partial charge is 0.494 e. The second-order valence-corrected chi connectivity index (χ2v) is 9.25. The molecular weight excluding hydrogens is 428 g/mol. The standard InChI is InChI=1S/C26H33ClO5/c27-25-11-4-19(26-16-21(29)5-8-24(17-28)32-26)15-20(25)14-18-2-6-22(7-3-18)30-12-1-13-31-23-9-10-23/h2-4,6-7,11,15,21,23-24,26,28-29H,1,5,8-10,12-14,16-17H2/t21?,24-,26+/m0/s1. The van der Waals surface area contributed by atoms with Crippen LogP contribution in [-0.4, -0.2) is 48.3 Å². The summed E-state index contributed by atoms with van der Waals surface area (Å²) >= 11 is 6.49. The maximum atomic E-state index is 10.2. The molecule has 2 aromatic rings. The third-order valence-corrected chi connectivity index (χ3v) is 6.43. The Balaban J connectivity index is 1.35. The zero-order valence-electron chi connectivity index (χ0n) is 18.4. The first kappa shape index (κ1) is 23.5. The Kier molecular flexibility index (Phi) is 8.44. The van der Waals surface area contributed by atoms with E-state index in [1.54, 1.807) is 0 Å². The summed E-state index contributed by atoms with van der Waals surface area (Å²) in [7, 11) is 0. The van der Waals surface area contributed by atoms with Gasteiger partial charge in [-0.1, -0.05) is 35.9 Å². The Bertz CT molecular complexity index is 852. The van der Waals surface area contributed by atoms with Crippen LogP contribution in [0.3, 0.4) is 0 Å². The summed E-state index contributed by atoms with van der Waals surface area (Å²) < 4.78 is 17.5. The SMILES string of the molecule is OC[C@@H]1CCC(O)C[C@H](c2ccc(Cl)c(Cc3ccc(OCCCOC4CC4)cc3)c2)O1. The highest BCUT2D eigenvalue weighted by atomic mass is 35.5. The Labute approximate surface area is 195 Å². The highest BCUT2D eigenvalue weighted by Gasteiger charge is 2.26. The van der Waals surface area contributed by atoms with Crippen LogP contribution in [-0.2, 0) is 15.9 Å². The van der Waals surface area contributed by atoms with Crippen LogP contribution < -0.4 is 4.74 Å². The lowest BCUT2D eigenvalue weighted by Crippen LogP contribution is -2.18. The van der Waals surface area contributed by atoms with Crippen molar-refractivity contribution in [1.82, 2.24) is 0 Å². The first-order valence-corrected chi connectivity index (χ1v) is 12.0. The van der Waals surface area contributed by atoms with Gasteiger partial charge in [0.15, 0.2) is 0 Å². The molecular formula is C26H33ClO5. The molecule has 0 bridgehead atoms. The lowest BCUT2D eigenvalue weighted by Gasteiger charge is -2.22. The molecule has 1 saturated carbocycles. The molecule has 1 unspecified atom stereocenters. The maximum Gasteiger partial charge on any atom is 0.119 e. The smallest absolute Gasteiger partial charge is 0.119 e. The number of hydrogen-bond acceptors (Lipinski definition) is 5. The van der Waals surface area contributed by atoms with Crippen molar-refractivity contribution in [1.29, 1.82) is 0 Å². The zero-order valence-corrected chi connectivity index (χ0v) is 19.2. The summed E-state index contributed by atoms with van der Waals surface area (Å²) in [5, 5.41) is 20.5. The number of aliphatic hydroxyl groups is 2. The van der Waals surface area contributed by atoms with E-state index in [1.165, 1.54) is 12.8 Å². The van der Waals surface area contributed by atoms with Crippen LogP contribution in [0.1, 0.15) is 61.3 Å². The van der Waals surface area contributed by atoms with E-state index in [0.29, 0.717) is 43.4 Å². The van der Waals surface area contributed by atoms with Gasteiger partial charge in [-0.3, -0.25) is 0 Å². The zero-order chi connectivity index (χ0) is 22.3.